The summed E-state index contributed by atoms with van der Waals surface area (Å²) in [5, 5.41) is 0. The standard InChI is InChI=1S/C24H46N2/c1-17(2)24(19-9-13-22(26)14-10-19)15-5-6-20(16-24)23(3,4)18-7-11-21(25)12-8-18/h17-22H,5-16,25-26H2,1-4H3. The van der Waals surface area contributed by atoms with Gasteiger partial charge >= 0.3 is 0 Å². The molecular formula is C24H46N2. The van der Waals surface area contributed by atoms with Crippen molar-refractivity contribution in [2.24, 2.45) is 46.0 Å². The van der Waals surface area contributed by atoms with Gasteiger partial charge in [-0.05, 0) is 105 Å². The van der Waals surface area contributed by atoms with E-state index in [1.807, 2.05) is 0 Å². The molecule has 0 bridgehead atoms. The van der Waals surface area contributed by atoms with Crippen LogP contribution in [-0.4, -0.2) is 12.1 Å². The van der Waals surface area contributed by atoms with Crippen LogP contribution in [0.1, 0.15) is 105 Å². The van der Waals surface area contributed by atoms with Crippen molar-refractivity contribution in [3.05, 3.63) is 0 Å². The first-order valence-corrected chi connectivity index (χ1v) is 11.8. The molecule has 0 aromatic rings. The van der Waals surface area contributed by atoms with E-state index in [9.17, 15) is 0 Å². The van der Waals surface area contributed by atoms with Crippen LogP contribution in [-0.2, 0) is 0 Å². The van der Waals surface area contributed by atoms with Crippen LogP contribution < -0.4 is 11.5 Å². The molecule has 0 saturated heterocycles. The Morgan fingerprint density at radius 1 is 0.769 bits per heavy atom. The highest BCUT2D eigenvalue weighted by atomic mass is 14.7. The van der Waals surface area contributed by atoms with Crippen LogP contribution in [0, 0.1) is 34.5 Å². The van der Waals surface area contributed by atoms with E-state index in [4.69, 9.17) is 11.5 Å². The fraction of sp³-hybridized carbons (Fsp3) is 1.00. The second-order valence-corrected chi connectivity index (χ2v) is 11.2. The molecule has 2 unspecified atom stereocenters. The molecule has 4 N–H and O–H groups in total. The van der Waals surface area contributed by atoms with Crippen molar-refractivity contribution >= 4 is 0 Å². The predicted octanol–water partition coefficient (Wildman–Crippen LogP) is 5.88. The van der Waals surface area contributed by atoms with Crippen molar-refractivity contribution in [1.29, 1.82) is 0 Å². The quantitative estimate of drug-likeness (QED) is 0.656. The molecule has 26 heavy (non-hydrogen) atoms. The number of hydrogen-bond donors (Lipinski definition) is 2. The van der Waals surface area contributed by atoms with Crippen molar-refractivity contribution in [1.82, 2.24) is 0 Å². The molecule has 0 spiro atoms. The molecule has 0 heterocycles. The molecule has 3 saturated carbocycles. The van der Waals surface area contributed by atoms with Crippen molar-refractivity contribution in [3.63, 3.8) is 0 Å². The Balaban J connectivity index is 1.75. The molecule has 3 aliphatic carbocycles. The molecule has 0 aromatic carbocycles. The van der Waals surface area contributed by atoms with E-state index >= 15 is 0 Å². The first-order chi connectivity index (χ1) is 12.3. The molecule has 2 heteroatoms. The molecule has 0 aromatic heterocycles. The van der Waals surface area contributed by atoms with Gasteiger partial charge in [0.05, 0.1) is 0 Å². The van der Waals surface area contributed by atoms with E-state index in [1.54, 1.807) is 0 Å². The lowest BCUT2D eigenvalue weighted by atomic mass is 9.50. The van der Waals surface area contributed by atoms with Gasteiger partial charge in [0, 0.05) is 12.1 Å². The molecule has 2 nitrogen and oxygen atoms in total. The fourth-order valence-electron chi connectivity index (χ4n) is 7.23. The van der Waals surface area contributed by atoms with Gasteiger partial charge < -0.3 is 11.5 Å². The van der Waals surface area contributed by atoms with Gasteiger partial charge in [-0.25, -0.2) is 0 Å². The summed E-state index contributed by atoms with van der Waals surface area (Å²) in [5.41, 5.74) is 13.5. The van der Waals surface area contributed by atoms with E-state index in [2.05, 4.69) is 27.7 Å². The Labute approximate surface area is 163 Å². The maximum Gasteiger partial charge on any atom is 0.00390 e. The van der Waals surface area contributed by atoms with Crippen molar-refractivity contribution in [2.45, 2.75) is 117 Å². The average molecular weight is 363 g/mol. The number of nitrogens with two attached hydrogens (primary N) is 2. The summed E-state index contributed by atoms with van der Waals surface area (Å²) in [5.74, 6) is 3.50. The maximum atomic E-state index is 6.24. The summed E-state index contributed by atoms with van der Waals surface area (Å²) in [7, 11) is 0. The van der Waals surface area contributed by atoms with Crippen LogP contribution in [0.25, 0.3) is 0 Å². The highest BCUT2D eigenvalue weighted by Gasteiger charge is 2.49. The smallest absolute Gasteiger partial charge is 0.00390 e. The summed E-state index contributed by atoms with van der Waals surface area (Å²) >= 11 is 0. The average Bonchev–Trinajstić information content (AvgIpc) is 2.62. The van der Waals surface area contributed by atoms with E-state index < -0.39 is 0 Å². The monoisotopic (exact) mass is 362 g/mol. The normalized spacial score (nSPS) is 42.8. The van der Waals surface area contributed by atoms with Gasteiger partial charge in [0.1, 0.15) is 0 Å². The highest BCUT2D eigenvalue weighted by Crippen LogP contribution is 2.59. The van der Waals surface area contributed by atoms with Crippen LogP contribution in [0.3, 0.4) is 0 Å². The van der Waals surface area contributed by atoms with Crippen LogP contribution in [0.4, 0.5) is 0 Å². The Kier molecular flexibility index (Phi) is 6.44. The minimum atomic E-state index is 0.467. The van der Waals surface area contributed by atoms with Gasteiger partial charge in [-0.2, -0.15) is 0 Å². The second kappa shape index (κ2) is 8.11. The lowest BCUT2D eigenvalue weighted by Crippen LogP contribution is -2.47. The molecule has 3 rings (SSSR count). The van der Waals surface area contributed by atoms with Gasteiger partial charge in [-0.15, -0.1) is 0 Å². The minimum absolute atomic E-state index is 0.467. The van der Waals surface area contributed by atoms with E-state index in [1.165, 1.54) is 77.0 Å². The Morgan fingerprint density at radius 3 is 1.85 bits per heavy atom. The predicted molar refractivity (Wildman–Crippen MR) is 113 cm³/mol. The van der Waals surface area contributed by atoms with E-state index in [0.717, 1.165) is 23.7 Å². The number of hydrogen-bond acceptors (Lipinski definition) is 2. The lowest BCUT2D eigenvalue weighted by molar-refractivity contribution is -0.0527. The third-order valence-corrected chi connectivity index (χ3v) is 9.43. The van der Waals surface area contributed by atoms with Crippen molar-refractivity contribution < 1.29 is 0 Å². The van der Waals surface area contributed by atoms with Gasteiger partial charge in [-0.1, -0.05) is 34.1 Å². The van der Waals surface area contributed by atoms with Crippen LogP contribution >= 0.6 is 0 Å². The molecule has 3 aliphatic rings. The summed E-state index contributed by atoms with van der Waals surface area (Å²) in [6, 6.07) is 0.937. The van der Waals surface area contributed by atoms with E-state index in [-0.39, 0.29) is 0 Å². The van der Waals surface area contributed by atoms with Gasteiger partial charge in [-0.3, -0.25) is 0 Å². The molecule has 152 valence electrons. The van der Waals surface area contributed by atoms with Gasteiger partial charge in [0.25, 0.3) is 0 Å². The Bertz CT molecular complexity index is 441. The SMILES string of the molecule is CC(C)C1(C2CCC(N)CC2)CCCC(C(C)(C)C2CCC(N)CC2)C1. The summed E-state index contributed by atoms with van der Waals surface area (Å²) in [6.07, 6.45) is 16.3. The van der Waals surface area contributed by atoms with Crippen LogP contribution in [0.5, 0.6) is 0 Å². The maximum absolute atomic E-state index is 6.24. The molecule has 0 aliphatic heterocycles. The number of rotatable bonds is 4. The van der Waals surface area contributed by atoms with Crippen molar-refractivity contribution in [2.75, 3.05) is 0 Å². The molecule has 2 atom stereocenters. The second-order valence-electron chi connectivity index (χ2n) is 11.2. The van der Waals surface area contributed by atoms with E-state index in [0.29, 0.717) is 22.9 Å². The summed E-state index contributed by atoms with van der Waals surface area (Å²) in [6.45, 7) is 10.2. The fourth-order valence-corrected chi connectivity index (χ4v) is 7.23. The van der Waals surface area contributed by atoms with Crippen molar-refractivity contribution in [3.8, 4) is 0 Å². The first kappa shape index (κ1) is 20.6. The third kappa shape index (κ3) is 4.02. The summed E-state index contributed by atoms with van der Waals surface area (Å²) < 4.78 is 0. The molecule has 0 radical (unpaired) electrons. The largest absolute Gasteiger partial charge is 0.328 e. The lowest BCUT2D eigenvalue weighted by Gasteiger charge is -2.55. The Morgan fingerprint density at radius 2 is 1.31 bits per heavy atom. The topological polar surface area (TPSA) is 52.0 Å². The Hall–Kier alpha value is -0.0800. The molecule has 3 fully saturated rings. The zero-order chi connectivity index (χ0) is 18.9. The third-order valence-electron chi connectivity index (χ3n) is 9.43. The zero-order valence-electron chi connectivity index (χ0n) is 18.1. The van der Waals surface area contributed by atoms with Gasteiger partial charge in [0.2, 0.25) is 0 Å². The first-order valence-electron chi connectivity index (χ1n) is 11.8. The van der Waals surface area contributed by atoms with Crippen LogP contribution in [0.2, 0.25) is 0 Å². The molecule has 0 amide bonds. The minimum Gasteiger partial charge on any atom is -0.328 e. The molecular weight excluding hydrogens is 316 g/mol. The zero-order valence-corrected chi connectivity index (χ0v) is 18.1. The van der Waals surface area contributed by atoms with Crippen LogP contribution in [0.15, 0.2) is 0 Å². The highest BCUT2D eigenvalue weighted by molar-refractivity contribution is 5.00. The summed E-state index contributed by atoms with van der Waals surface area (Å²) in [4.78, 5) is 0. The van der Waals surface area contributed by atoms with Gasteiger partial charge in [0.15, 0.2) is 0 Å².